The zero-order valence-electron chi connectivity index (χ0n) is 15.3. The summed E-state index contributed by atoms with van der Waals surface area (Å²) in [5.41, 5.74) is 1.98. The van der Waals surface area contributed by atoms with Gasteiger partial charge in [0.2, 0.25) is 5.91 Å². The summed E-state index contributed by atoms with van der Waals surface area (Å²) >= 11 is 0. The van der Waals surface area contributed by atoms with Crippen LogP contribution in [0.1, 0.15) is 37.0 Å². The summed E-state index contributed by atoms with van der Waals surface area (Å²) < 4.78 is 4.98. The second-order valence-electron chi connectivity index (χ2n) is 6.37. The van der Waals surface area contributed by atoms with Gasteiger partial charge in [-0.05, 0) is 30.5 Å². The number of benzene rings is 1. The summed E-state index contributed by atoms with van der Waals surface area (Å²) in [5.74, 6) is 0.0819. The fraction of sp³-hybridized carbons (Fsp3) is 0.556. The molecule has 0 aliphatic heterocycles. The lowest BCUT2D eigenvalue weighted by Gasteiger charge is -2.18. The van der Waals surface area contributed by atoms with Crippen LogP contribution in [-0.2, 0) is 9.53 Å². The first-order valence-electron chi connectivity index (χ1n) is 8.23. The van der Waals surface area contributed by atoms with Gasteiger partial charge >= 0.3 is 0 Å². The summed E-state index contributed by atoms with van der Waals surface area (Å²) in [7, 11) is 5.40. The highest BCUT2D eigenvalue weighted by molar-refractivity contribution is 6.02. The van der Waals surface area contributed by atoms with Gasteiger partial charge in [-0.2, -0.15) is 0 Å². The third kappa shape index (κ3) is 6.58. The summed E-state index contributed by atoms with van der Waals surface area (Å²) in [4.78, 5) is 26.3. The van der Waals surface area contributed by atoms with Gasteiger partial charge in [-0.15, -0.1) is 0 Å². The van der Waals surface area contributed by atoms with Gasteiger partial charge in [0.25, 0.3) is 5.91 Å². The Bertz CT molecular complexity index is 556. The van der Waals surface area contributed by atoms with E-state index in [1.54, 1.807) is 13.2 Å². The Kier molecular flexibility index (Phi) is 8.26. The SMILES string of the molecule is COCCCNC(=O)c1cc(NC(=O)CC(C)C)ccc1N(C)C. The number of rotatable bonds is 9. The van der Waals surface area contributed by atoms with Crippen molar-refractivity contribution in [3.05, 3.63) is 23.8 Å². The number of methoxy groups -OCH3 is 1. The molecular formula is C18H29N3O3. The van der Waals surface area contributed by atoms with Gasteiger partial charge in [0.05, 0.1) is 5.56 Å². The van der Waals surface area contributed by atoms with Crippen molar-refractivity contribution in [2.75, 3.05) is 44.6 Å². The minimum atomic E-state index is -0.158. The number of nitrogens with one attached hydrogen (secondary N) is 2. The first kappa shape index (κ1) is 20.0. The molecule has 1 aromatic carbocycles. The van der Waals surface area contributed by atoms with Crippen LogP contribution in [0, 0.1) is 5.92 Å². The highest BCUT2D eigenvalue weighted by atomic mass is 16.5. The highest BCUT2D eigenvalue weighted by Crippen LogP contribution is 2.23. The molecule has 0 aliphatic rings. The zero-order chi connectivity index (χ0) is 18.1. The van der Waals surface area contributed by atoms with E-state index >= 15 is 0 Å². The molecule has 6 heteroatoms. The number of hydrogen-bond acceptors (Lipinski definition) is 4. The fourth-order valence-corrected chi connectivity index (χ4v) is 2.28. The van der Waals surface area contributed by atoms with E-state index < -0.39 is 0 Å². The van der Waals surface area contributed by atoms with Crippen LogP contribution in [0.25, 0.3) is 0 Å². The number of carbonyl (C=O) groups excluding carboxylic acids is 2. The maximum Gasteiger partial charge on any atom is 0.253 e. The van der Waals surface area contributed by atoms with Crippen molar-refractivity contribution < 1.29 is 14.3 Å². The molecule has 1 aromatic rings. The number of amides is 2. The van der Waals surface area contributed by atoms with Gasteiger partial charge < -0.3 is 20.3 Å². The fourth-order valence-electron chi connectivity index (χ4n) is 2.28. The maximum absolute atomic E-state index is 12.5. The number of anilines is 2. The van der Waals surface area contributed by atoms with E-state index in [4.69, 9.17) is 4.74 Å². The van der Waals surface area contributed by atoms with Crippen LogP contribution in [0.2, 0.25) is 0 Å². The van der Waals surface area contributed by atoms with Gasteiger partial charge in [-0.25, -0.2) is 0 Å². The first-order chi connectivity index (χ1) is 11.3. The van der Waals surface area contributed by atoms with Crippen LogP contribution >= 0.6 is 0 Å². The summed E-state index contributed by atoms with van der Waals surface area (Å²) in [5, 5.41) is 5.74. The molecule has 1 rings (SSSR count). The van der Waals surface area contributed by atoms with Crippen LogP contribution in [0.4, 0.5) is 11.4 Å². The molecule has 0 radical (unpaired) electrons. The largest absolute Gasteiger partial charge is 0.385 e. The molecule has 24 heavy (non-hydrogen) atoms. The quantitative estimate of drug-likeness (QED) is 0.680. The second kappa shape index (κ2) is 9.93. The second-order valence-corrected chi connectivity index (χ2v) is 6.37. The van der Waals surface area contributed by atoms with E-state index in [0.717, 1.165) is 12.1 Å². The number of nitrogens with zero attached hydrogens (tertiary/aromatic N) is 1. The standard InChI is InChI=1S/C18H29N3O3/c1-13(2)11-17(22)20-14-7-8-16(21(3)4)15(12-14)18(23)19-9-6-10-24-5/h7-8,12-13H,6,9-11H2,1-5H3,(H,19,23)(H,20,22). The average Bonchev–Trinajstić information content (AvgIpc) is 2.50. The van der Waals surface area contributed by atoms with Crippen molar-refractivity contribution in [3.8, 4) is 0 Å². The van der Waals surface area contributed by atoms with Gasteiger partial charge in [0, 0.05) is 52.2 Å². The first-order valence-corrected chi connectivity index (χ1v) is 8.23. The molecule has 0 aliphatic carbocycles. The molecular weight excluding hydrogens is 306 g/mol. The van der Waals surface area contributed by atoms with Crippen molar-refractivity contribution in [2.45, 2.75) is 26.7 Å². The van der Waals surface area contributed by atoms with Crippen molar-refractivity contribution in [1.29, 1.82) is 0 Å². The van der Waals surface area contributed by atoms with Gasteiger partial charge in [0.1, 0.15) is 0 Å². The lowest BCUT2D eigenvalue weighted by Crippen LogP contribution is -2.27. The third-order valence-electron chi connectivity index (χ3n) is 3.41. The molecule has 0 aromatic heterocycles. The molecule has 0 heterocycles. The molecule has 2 N–H and O–H groups in total. The topological polar surface area (TPSA) is 70.7 Å². The monoisotopic (exact) mass is 335 g/mol. The van der Waals surface area contributed by atoms with Crippen molar-refractivity contribution in [3.63, 3.8) is 0 Å². The molecule has 6 nitrogen and oxygen atoms in total. The molecule has 0 saturated carbocycles. The van der Waals surface area contributed by atoms with Crippen molar-refractivity contribution in [2.24, 2.45) is 5.92 Å². The number of ether oxygens (including phenoxy) is 1. The van der Waals surface area contributed by atoms with E-state index in [9.17, 15) is 9.59 Å². The maximum atomic E-state index is 12.5. The van der Waals surface area contributed by atoms with E-state index in [1.807, 2.05) is 45.0 Å². The Morgan fingerprint density at radius 1 is 1.25 bits per heavy atom. The molecule has 0 bridgehead atoms. The number of hydrogen-bond donors (Lipinski definition) is 2. The number of carbonyl (C=O) groups is 2. The Labute approximate surface area is 144 Å². The van der Waals surface area contributed by atoms with Crippen molar-refractivity contribution in [1.82, 2.24) is 5.32 Å². The molecule has 0 atom stereocenters. The molecule has 0 fully saturated rings. The predicted octanol–water partition coefficient (Wildman–Crippen LogP) is 2.50. The lowest BCUT2D eigenvalue weighted by atomic mass is 10.1. The molecule has 0 spiro atoms. The minimum Gasteiger partial charge on any atom is -0.385 e. The Morgan fingerprint density at radius 2 is 1.96 bits per heavy atom. The minimum absolute atomic E-state index is 0.0472. The smallest absolute Gasteiger partial charge is 0.253 e. The highest BCUT2D eigenvalue weighted by Gasteiger charge is 2.15. The van der Waals surface area contributed by atoms with Crippen molar-refractivity contribution >= 4 is 23.2 Å². The van der Waals surface area contributed by atoms with Crippen LogP contribution < -0.4 is 15.5 Å². The predicted molar refractivity (Wildman–Crippen MR) is 97.7 cm³/mol. The summed E-state index contributed by atoms with van der Waals surface area (Å²) in [6, 6.07) is 5.38. The van der Waals surface area contributed by atoms with E-state index in [0.29, 0.717) is 30.8 Å². The summed E-state index contributed by atoms with van der Waals surface area (Å²) in [6.45, 7) is 5.14. The van der Waals surface area contributed by atoms with E-state index in [-0.39, 0.29) is 17.7 Å². The lowest BCUT2D eigenvalue weighted by molar-refractivity contribution is -0.116. The molecule has 0 unspecified atom stereocenters. The zero-order valence-corrected chi connectivity index (χ0v) is 15.3. The van der Waals surface area contributed by atoms with Crippen LogP contribution in [-0.4, -0.2) is 46.2 Å². The average molecular weight is 335 g/mol. The van der Waals surface area contributed by atoms with Gasteiger partial charge in [-0.3, -0.25) is 9.59 Å². The van der Waals surface area contributed by atoms with Gasteiger partial charge in [0.15, 0.2) is 0 Å². The normalized spacial score (nSPS) is 10.6. The van der Waals surface area contributed by atoms with Crippen LogP contribution in [0.15, 0.2) is 18.2 Å². The Balaban J connectivity index is 2.88. The van der Waals surface area contributed by atoms with E-state index in [2.05, 4.69) is 10.6 Å². The van der Waals surface area contributed by atoms with Crippen LogP contribution in [0.3, 0.4) is 0 Å². The third-order valence-corrected chi connectivity index (χ3v) is 3.41. The summed E-state index contributed by atoms with van der Waals surface area (Å²) in [6.07, 6.45) is 1.21. The van der Waals surface area contributed by atoms with E-state index in [1.165, 1.54) is 0 Å². The molecule has 0 saturated heterocycles. The Morgan fingerprint density at radius 3 is 2.54 bits per heavy atom. The van der Waals surface area contributed by atoms with Gasteiger partial charge in [-0.1, -0.05) is 13.8 Å². The van der Waals surface area contributed by atoms with Crippen LogP contribution in [0.5, 0.6) is 0 Å². The molecule has 134 valence electrons. The Hall–Kier alpha value is -2.08. The molecule has 2 amide bonds.